The average Bonchev–Trinajstić information content (AvgIpc) is 3.21. The fourth-order valence-electron chi connectivity index (χ4n) is 2.44. The van der Waals surface area contributed by atoms with Gasteiger partial charge in [0, 0.05) is 18.0 Å². The minimum Gasteiger partial charge on any atom is -0.339 e. The molecule has 0 radical (unpaired) electrons. The lowest BCUT2D eigenvalue weighted by atomic mass is 10.1. The number of rotatable bonds is 6. The van der Waals surface area contributed by atoms with E-state index < -0.39 is 5.82 Å². The molecule has 1 atom stereocenters. The summed E-state index contributed by atoms with van der Waals surface area (Å²) in [5.41, 5.74) is 0.655. The van der Waals surface area contributed by atoms with E-state index in [-0.39, 0.29) is 5.02 Å². The molecule has 1 aromatic carbocycles. The van der Waals surface area contributed by atoms with E-state index in [1.54, 1.807) is 6.07 Å². The number of benzene rings is 1. The van der Waals surface area contributed by atoms with Crippen LogP contribution < -0.4 is 5.32 Å². The third-order valence-corrected chi connectivity index (χ3v) is 3.99. The van der Waals surface area contributed by atoms with Crippen LogP contribution in [-0.2, 0) is 6.42 Å². The molecule has 0 amide bonds. The third-order valence-electron chi connectivity index (χ3n) is 3.70. The second kappa shape index (κ2) is 6.12. The molecule has 1 aliphatic carbocycles. The van der Waals surface area contributed by atoms with Crippen LogP contribution in [0.3, 0.4) is 0 Å². The van der Waals surface area contributed by atoms with Gasteiger partial charge in [0.1, 0.15) is 5.82 Å². The van der Waals surface area contributed by atoms with Gasteiger partial charge in [-0.05, 0) is 43.5 Å². The van der Waals surface area contributed by atoms with Crippen molar-refractivity contribution in [3.05, 3.63) is 34.9 Å². The van der Waals surface area contributed by atoms with E-state index >= 15 is 0 Å². The van der Waals surface area contributed by atoms with Crippen molar-refractivity contribution in [3.63, 3.8) is 0 Å². The molecule has 4 nitrogen and oxygen atoms in total. The average molecular weight is 310 g/mol. The summed E-state index contributed by atoms with van der Waals surface area (Å²) in [6.07, 6.45) is 3.24. The van der Waals surface area contributed by atoms with Crippen LogP contribution in [0.5, 0.6) is 0 Å². The highest BCUT2D eigenvalue weighted by atomic mass is 35.5. The molecule has 0 bridgehead atoms. The van der Waals surface area contributed by atoms with Gasteiger partial charge in [-0.2, -0.15) is 4.98 Å². The third kappa shape index (κ3) is 3.41. The second-order valence-corrected chi connectivity index (χ2v) is 5.75. The first-order chi connectivity index (χ1) is 10.2. The number of hydrogen-bond donors (Lipinski definition) is 1. The zero-order chi connectivity index (χ0) is 14.8. The molecule has 2 aromatic rings. The first-order valence-corrected chi connectivity index (χ1v) is 7.56. The van der Waals surface area contributed by atoms with Crippen LogP contribution in [0.1, 0.15) is 25.7 Å². The molecule has 0 saturated heterocycles. The number of halogens is 2. The number of likely N-dealkylation sites (N-methyl/N-ethyl adjacent to an activating group) is 1. The SMILES string of the molecule is CCNC(Cc1nc(-c2ccc(F)c(Cl)c2)no1)C1CC1. The summed E-state index contributed by atoms with van der Waals surface area (Å²) >= 11 is 5.77. The van der Waals surface area contributed by atoms with E-state index in [2.05, 4.69) is 22.4 Å². The molecule has 3 rings (SSSR count). The Morgan fingerprint density at radius 1 is 1.48 bits per heavy atom. The molecule has 1 N–H and O–H groups in total. The summed E-state index contributed by atoms with van der Waals surface area (Å²) in [6.45, 7) is 3.02. The van der Waals surface area contributed by atoms with Crippen molar-refractivity contribution in [2.75, 3.05) is 6.54 Å². The molecule has 1 fully saturated rings. The van der Waals surface area contributed by atoms with Crippen LogP contribution in [0.25, 0.3) is 11.4 Å². The van der Waals surface area contributed by atoms with Gasteiger partial charge in [-0.1, -0.05) is 23.7 Å². The lowest BCUT2D eigenvalue weighted by molar-refractivity contribution is 0.348. The van der Waals surface area contributed by atoms with Crippen molar-refractivity contribution in [2.45, 2.75) is 32.2 Å². The Kier molecular flexibility index (Phi) is 4.22. The summed E-state index contributed by atoms with van der Waals surface area (Å²) in [5, 5.41) is 7.47. The van der Waals surface area contributed by atoms with Gasteiger partial charge >= 0.3 is 0 Å². The van der Waals surface area contributed by atoms with Crippen molar-refractivity contribution < 1.29 is 8.91 Å². The van der Waals surface area contributed by atoms with Crippen LogP contribution in [0.2, 0.25) is 5.02 Å². The molecule has 1 aliphatic rings. The van der Waals surface area contributed by atoms with Crippen molar-refractivity contribution in [3.8, 4) is 11.4 Å². The fourth-order valence-corrected chi connectivity index (χ4v) is 2.63. The highest BCUT2D eigenvalue weighted by molar-refractivity contribution is 6.31. The first kappa shape index (κ1) is 14.5. The van der Waals surface area contributed by atoms with Crippen LogP contribution in [-0.4, -0.2) is 22.7 Å². The molecule has 1 heterocycles. The normalized spacial score (nSPS) is 16.1. The number of nitrogens with one attached hydrogen (secondary N) is 1. The molecular formula is C15H17ClFN3O. The topological polar surface area (TPSA) is 51.0 Å². The Labute approximate surface area is 127 Å². The van der Waals surface area contributed by atoms with Gasteiger partial charge in [-0.15, -0.1) is 0 Å². The smallest absolute Gasteiger partial charge is 0.228 e. The molecule has 112 valence electrons. The lowest BCUT2D eigenvalue weighted by Gasteiger charge is -2.14. The van der Waals surface area contributed by atoms with Crippen molar-refractivity contribution in [2.24, 2.45) is 5.92 Å². The van der Waals surface area contributed by atoms with Crippen LogP contribution in [0, 0.1) is 11.7 Å². The standard InChI is InChI=1S/C15H17ClFN3O/c1-2-18-13(9-3-4-9)8-14-19-15(20-21-14)10-5-6-12(17)11(16)7-10/h5-7,9,13,18H,2-4,8H2,1H3. The van der Waals surface area contributed by atoms with Crippen LogP contribution in [0.15, 0.2) is 22.7 Å². The molecule has 0 spiro atoms. The maximum absolute atomic E-state index is 13.2. The van der Waals surface area contributed by atoms with Crippen molar-refractivity contribution in [1.29, 1.82) is 0 Å². The highest BCUT2D eigenvalue weighted by Crippen LogP contribution is 2.34. The number of hydrogen-bond acceptors (Lipinski definition) is 4. The van der Waals surface area contributed by atoms with E-state index in [1.807, 2.05) is 0 Å². The molecular weight excluding hydrogens is 293 g/mol. The predicted molar refractivity (Wildman–Crippen MR) is 78.6 cm³/mol. The van der Waals surface area contributed by atoms with E-state index in [1.165, 1.54) is 25.0 Å². The van der Waals surface area contributed by atoms with Crippen LogP contribution >= 0.6 is 11.6 Å². The fraction of sp³-hybridized carbons (Fsp3) is 0.467. The van der Waals surface area contributed by atoms with Crippen LogP contribution in [0.4, 0.5) is 4.39 Å². The zero-order valence-corrected chi connectivity index (χ0v) is 12.5. The van der Waals surface area contributed by atoms with Gasteiger partial charge in [0.05, 0.1) is 5.02 Å². The Balaban J connectivity index is 1.74. The van der Waals surface area contributed by atoms with E-state index in [4.69, 9.17) is 16.1 Å². The highest BCUT2D eigenvalue weighted by Gasteiger charge is 2.31. The summed E-state index contributed by atoms with van der Waals surface area (Å²) in [4.78, 5) is 4.38. The first-order valence-electron chi connectivity index (χ1n) is 7.18. The molecule has 1 unspecified atom stereocenters. The van der Waals surface area contributed by atoms with E-state index in [0.29, 0.717) is 29.2 Å². The minimum absolute atomic E-state index is 0.0577. The molecule has 0 aliphatic heterocycles. The zero-order valence-electron chi connectivity index (χ0n) is 11.8. The lowest BCUT2D eigenvalue weighted by Crippen LogP contribution is -2.33. The van der Waals surface area contributed by atoms with Gasteiger partial charge in [0.15, 0.2) is 0 Å². The van der Waals surface area contributed by atoms with E-state index in [9.17, 15) is 4.39 Å². The molecule has 1 aromatic heterocycles. The maximum atomic E-state index is 13.2. The summed E-state index contributed by atoms with van der Waals surface area (Å²) in [5.74, 6) is 1.30. The Hall–Kier alpha value is -1.46. The van der Waals surface area contributed by atoms with Gasteiger partial charge in [0.2, 0.25) is 11.7 Å². The van der Waals surface area contributed by atoms with Gasteiger partial charge in [0.25, 0.3) is 0 Å². The van der Waals surface area contributed by atoms with Gasteiger partial charge < -0.3 is 9.84 Å². The number of nitrogens with zero attached hydrogens (tertiary/aromatic N) is 2. The van der Waals surface area contributed by atoms with Gasteiger partial charge in [-0.25, -0.2) is 4.39 Å². The van der Waals surface area contributed by atoms with Crippen molar-refractivity contribution >= 4 is 11.6 Å². The largest absolute Gasteiger partial charge is 0.339 e. The monoisotopic (exact) mass is 309 g/mol. The molecule has 6 heteroatoms. The van der Waals surface area contributed by atoms with E-state index in [0.717, 1.165) is 13.0 Å². The predicted octanol–water partition coefficient (Wildman–Crippen LogP) is 3.46. The van der Waals surface area contributed by atoms with Crippen molar-refractivity contribution in [1.82, 2.24) is 15.5 Å². The Bertz CT molecular complexity index is 627. The molecule has 1 saturated carbocycles. The van der Waals surface area contributed by atoms with Gasteiger partial charge in [-0.3, -0.25) is 0 Å². The number of aromatic nitrogens is 2. The Morgan fingerprint density at radius 2 is 2.29 bits per heavy atom. The quantitative estimate of drug-likeness (QED) is 0.888. The summed E-state index contributed by atoms with van der Waals surface area (Å²) < 4.78 is 18.5. The summed E-state index contributed by atoms with van der Waals surface area (Å²) in [6, 6.07) is 4.80. The Morgan fingerprint density at radius 3 is 2.95 bits per heavy atom. The summed E-state index contributed by atoms with van der Waals surface area (Å²) in [7, 11) is 0. The molecule has 21 heavy (non-hydrogen) atoms. The maximum Gasteiger partial charge on any atom is 0.228 e. The second-order valence-electron chi connectivity index (χ2n) is 5.35. The minimum atomic E-state index is -0.454.